The summed E-state index contributed by atoms with van der Waals surface area (Å²) in [5.74, 6) is -0.349. The van der Waals surface area contributed by atoms with Crippen molar-refractivity contribution in [2.75, 3.05) is 30.1 Å². The largest absolute Gasteiger partial charge is 0.452 e. The van der Waals surface area contributed by atoms with Crippen molar-refractivity contribution >= 4 is 35.1 Å². The Kier molecular flexibility index (Phi) is 6.67. The molecule has 1 N–H and O–H groups in total. The first-order chi connectivity index (χ1) is 12.7. The Morgan fingerprint density at radius 1 is 1.19 bits per heavy atom. The number of nitrogens with zero attached hydrogens (tertiary/aromatic N) is 2. The predicted molar refractivity (Wildman–Crippen MR) is 95.8 cm³/mol. The first kappa shape index (κ1) is 20.6. The Balaban J connectivity index is 1.88. The Bertz CT molecular complexity index is 796. The number of hydrogen-bond acceptors (Lipinski definition) is 5. The second-order valence-corrected chi connectivity index (χ2v) is 6.29. The minimum atomic E-state index is -4.44. The first-order valence-electron chi connectivity index (χ1n) is 7.58. The average molecular weight is 399 g/mol. The molecule has 0 saturated carbocycles. The van der Waals surface area contributed by atoms with Crippen LogP contribution in [0.15, 0.2) is 47.6 Å². The molecule has 0 aliphatic rings. The van der Waals surface area contributed by atoms with Crippen LogP contribution in [0.3, 0.4) is 0 Å². The fourth-order valence-corrected chi connectivity index (χ4v) is 2.62. The Hall–Kier alpha value is -2.75. The molecular weight excluding hydrogens is 383 g/mol. The van der Waals surface area contributed by atoms with Gasteiger partial charge in [0.05, 0.1) is 23.5 Å². The van der Waals surface area contributed by atoms with E-state index in [0.29, 0.717) is 16.4 Å². The van der Waals surface area contributed by atoms with Gasteiger partial charge in [-0.1, -0.05) is 11.8 Å². The number of carbonyl (C=O) groups excluding carboxylic acids is 2. The van der Waals surface area contributed by atoms with Gasteiger partial charge in [-0.2, -0.15) is 13.2 Å². The second-order valence-electron chi connectivity index (χ2n) is 5.30. The van der Waals surface area contributed by atoms with Gasteiger partial charge in [0.15, 0.2) is 0 Å². The molecule has 0 radical (unpaired) electrons. The van der Waals surface area contributed by atoms with Crippen molar-refractivity contribution in [2.45, 2.75) is 11.2 Å². The quantitative estimate of drug-likeness (QED) is 0.769. The molecule has 1 aromatic heterocycles. The molecule has 0 aliphatic heterocycles. The predicted octanol–water partition coefficient (Wildman–Crippen LogP) is 4.03. The number of methoxy groups -OCH3 is 1. The van der Waals surface area contributed by atoms with Crippen LogP contribution in [0.25, 0.3) is 0 Å². The third-order valence-electron chi connectivity index (χ3n) is 3.40. The molecule has 10 heteroatoms. The third kappa shape index (κ3) is 5.88. The fourth-order valence-electron chi connectivity index (χ4n) is 1.98. The highest BCUT2D eigenvalue weighted by atomic mass is 32.2. The molecule has 0 atom stereocenters. The van der Waals surface area contributed by atoms with E-state index < -0.39 is 17.8 Å². The summed E-state index contributed by atoms with van der Waals surface area (Å²) >= 11 is 1.02. The number of hydrogen-bond donors (Lipinski definition) is 1. The van der Waals surface area contributed by atoms with Crippen molar-refractivity contribution in [3.8, 4) is 0 Å². The van der Waals surface area contributed by atoms with Gasteiger partial charge >= 0.3 is 12.3 Å². The second kappa shape index (κ2) is 8.76. The molecule has 2 rings (SSSR count). The van der Waals surface area contributed by atoms with Crippen molar-refractivity contribution in [3.05, 3.63) is 48.2 Å². The zero-order valence-corrected chi connectivity index (χ0v) is 15.2. The molecule has 0 aliphatic carbocycles. The number of carbonyl (C=O) groups is 2. The number of pyridine rings is 1. The lowest BCUT2D eigenvalue weighted by molar-refractivity contribution is -0.137. The van der Waals surface area contributed by atoms with Gasteiger partial charge in [0.2, 0.25) is 5.91 Å². The molecule has 1 aromatic carbocycles. The molecule has 0 spiro atoms. The standard InChI is InChI=1S/C17H16F3N3O3S/c1-23(16(25)26-2)13-6-4-12(5-7-13)22-14(24)10-27-15-8-3-11(9-21-15)17(18,19)20/h3-9H,10H2,1-2H3,(H,22,24). The summed E-state index contributed by atoms with van der Waals surface area (Å²) in [6.07, 6.45) is -4.23. The maximum atomic E-state index is 12.5. The zero-order valence-electron chi connectivity index (χ0n) is 14.4. The minimum Gasteiger partial charge on any atom is -0.452 e. The van der Waals surface area contributed by atoms with E-state index in [1.165, 1.54) is 18.1 Å². The van der Waals surface area contributed by atoms with Crippen LogP contribution < -0.4 is 10.2 Å². The van der Waals surface area contributed by atoms with Gasteiger partial charge in [-0.05, 0) is 36.4 Å². The van der Waals surface area contributed by atoms with Crippen molar-refractivity contribution in [2.24, 2.45) is 0 Å². The van der Waals surface area contributed by atoms with Crippen molar-refractivity contribution < 1.29 is 27.5 Å². The van der Waals surface area contributed by atoms with Gasteiger partial charge < -0.3 is 10.1 Å². The number of alkyl halides is 3. The summed E-state index contributed by atoms with van der Waals surface area (Å²) in [5, 5.41) is 2.97. The number of benzene rings is 1. The Labute approximate surface area is 157 Å². The molecule has 0 bridgehead atoms. The average Bonchev–Trinajstić information content (AvgIpc) is 2.65. The molecule has 144 valence electrons. The summed E-state index contributed by atoms with van der Waals surface area (Å²) < 4.78 is 42.0. The molecule has 0 unspecified atom stereocenters. The number of aromatic nitrogens is 1. The van der Waals surface area contributed by atoms with Crippen LogP contribution in [-0.2, 0) is 15.7 Å². The van der Waals surface area contributed by atoms with E-state index in [0.717, 1.165) is 24.0 Å². The Morgan fingerprint density at radius 3 is 2.37 bits per heavy atom. The smallest absolute Gasteiger partial charge is 0.417 e. The van der Waals surface area contributed by atoms with E-state index in [2.05, 4.69) is 15.0 Å². The number of halogens is 3. The number of anilines is 2. The van der Waals surface area contributed by atoms with Crippen LogP contribution in [-0.4, -0.2) is 36.9 Å². The van der Waals surface area contributed by atoms with Gasteiger partial charge in [-0.15, -0.1) is 0 Å². The Morgan fingerprint density at radius 2 is 1.85 bits per heavy atom. The molecular formula is C17H16F3N3O3S. The number of nitrogens with one attached hydrogen (secondary N) is 1. The van der Waals surface area contributed by atoms with Crippen molar-refractivity contribution in [1.82, 2.24) is 4.98 Å². The van der Waals surface area contributed by atoms with Crippen LogP contribution in [0.1, 0.15) is 5.56 Å². The lowest BCUT2D eigenvalue weighted by Gasteiger charge is -2.15. The summed E-state index contributed by atoms with van der Waals surface area (Å²) in [6.45, 7) is 0. The molecule has 1 heterocycles. The maximum Gasteiger partial charge on any atom is 0.417 e. The minimum absolute atomic E-state index is 0.0117. The SMILES string of the molecule is COC(=O)N(C)c1ccc(NC(=O)CSc2ccc(C(F)(F)F)cn2)cc1. The summed E-state index contributed by atoms with van der Waals surface area (Å²) in [5.41, 5.74) is 0.263. The molecule has 6 nitrogen and oxygen atoms in total. The summed E-state index contributed by atoms with van der Waals surface area (Å²) in [7, 11) is 2.82. The summed E-state index contributed by atoms with van der Waals surface area (Å²) in [4.78, 5) is 28.4. The number of thioether (sulfide) groups is 1. The molecule has 2 amide bonds. The van der Waals surface area contributed by atoms with E-state index in [1.807, 2.05) is 0 Å². The van der Waals surface area contributed by atoms with Crippen molar-refractivity contribution in [1.29, 1.82) is 0 Å². The number of ether oxygens (including phenoxy) is 1. The zero-order chi connectivity index (χ0) is 20.0. The highest BCUT2D eigenvalue weighted by Gasteiger charge is 2.30. The van der Waals surface area contributed by atoms with Crippen LogP contribution >= 0.6 is 11.8 Å². The lowest BCUT2D eigenvalue weighted by Crippen LogP contribution is -2.25. The molecule has 0 fully saturated rings. The fraction of sp³-hybridized carbons (Fsp3) is 0.235. The molecule has 2 aromatic rings. The van der Waals surface area contributed by atoms with Crippen LogP contribution in [0.5, 0.6) is 0 Å². The lowest BCUT2D eigenvalue weighted by atomic mass is 10.2. The van der Waals surface area contributed by atoms with Gasteiger partial charge in [0.25, 0.3) is 0 Å². The molecule has 0 saturated heterocycles. The maximum absolute atomic E-state index is 12.5. The van der Waals surface area contributed by atoms with Crippen molar-refractivity contribution in [3.63, 3.8) is 0 Å². The van der Waals surface area contributed by atoms with E-state index in [-0.39, 0.29) is 11.7 Å². The monoisotopic (exact) mass is 399 g/mol. The van der Waals surface area contributed by atoms with Gasteiger partial charge in [0, 0.05) is 24.6 Å². The van der Waals surface area contributed by atoms with Gasteiger partial charge in [-0.3, -0.25) is 9.69 Å². The van der Waals surface area contributed by atoms with Gasteiger partial charge in [0.1, 0.15) is 0 Å². The third-order valence-corrected chi connectivity index (χ3v) is 4.35. The number of rotatable bonds is 5. The highest BCUT2D eigenvalue weighted by Crippen LogP contribution is 2.29. The van der Waals surface area contributed by atoms with Crippen LogP contribution in [0.2, 0.25) is 0 Å². The highest BCUT2D eigenvalue weighted by molar-refractivity contribution is 7.99. The normalized spacial score (nSPS) is 11.0. The van der Waals surface area contributed by atoms with E-state index in [9.17, 15) is 22.8 Å². The first-order valence-corrected chi connectivity index (χ1v) is 8.57. The van der Waals surface area contributed by atoms with E-state index in [1.54, 1.807) is 31.3 Å². The van der Waals surface area contributed by atoms with Gasteiger partial charge in [-0.25, -0.2) is 9.78 Å². The van der Waals surface area contributed by atoms with Crippen LogP contribution in [0.4, 0.5) is 29.3 Å². The van der Waals surface area contributed by atoms with E-state index in [4.69, 9.17) is 0 Å². The van der Waals surface area contributed by atoms with Crippen LogP contribution in [0, 0.1) is 0 Å². The van der Waals surface area contributed by atoms with E-state index >= 15 is 0 Å². The topological polar surface area (TPSA) is 71.5 Å². The molecule has 27 heavy (non-hydrogen) atoms. The number of amides is 2. The summed E-state index contributed by atoms with van der Waals surface area (Å²) in [6, 6.07) is 8.65.